The maximum Gasteiger partial charge on any atom is 0.227 e. The Bertz CT molecular complexity index is 1080. The Labute approximate surface area is 242 Å². The normalized spacial score (nSPS) is 19.5. The van der Waals surface area contributed by atoms with Gasteiger partial charge in [-0.15, -0.1) is 37.2 Å². The first kappa shape index (κ1) is 31.7. The van der Waals surface area contributed by atoms with E-state index in [2.05, 4.69) is 20.5 Å². The minimum absolute atomic E-state index is 0. The molecule has 8 nitrogen and oxygen atoms in total. The van der Waals surface area contributed by atoms with E-state index >= 15 is 0 Å². The van der Waals surface area contributed by atoms with Crippen LogP contribution in [0.2, 0.25) is 5.02 Å². The van der Waals surface area contributed by atoms with E-state index in [0.29, 0.717) is 24.1 Å². The number of halogens is 4. The summed E-state index contributed by atoms with van der Waals surface area (Å²) in [5.41, 5.74) is 9.08. The summed E-state index contributed by atoms with van der Waals surface area (Å²) in [4.78, 5) is 14.5. The number of aromatic nitrogens is 4. The third kappa shape index (κ3) is 8.22. The van der Waals surface area contributed by atoms with Gasteiger partial charge < -0.3 is 26.3 Å². The molecule has 2 saturated carbocycles. The van der Waals surface area contributed by atoms with Crippen LogP contribution in [0.25, 0.3) is 11.2 Å². The van der Waals surface area contributed by atoms with E-state index in [-0.39, 0.29) is 37.2 Å². The Kier molecular flexibility index (Phi) is 13.0. The van der Waals surface area contributed by atoms with Crippen LogP contribution in [-0.2, 0) is 6.54 Å². The van der Waals surface area contributed by atoms with Gasteiger partial charge in [0, 0.05) is 42.8 Å². The van der Waals surface area contributed by atoms with Crippen molar-refractivity contribution in [3.05, 3.63) is 41.2 Å². The lowest BCUT2D eigenvalue weighted by Gasteiger charge is -2.27. The second-order valence-electron chi connectivity index (χ2n) is 9.64. The number of nitrogens with one attached hydrogen (secondary N) is 3. The second kappa shape index (κ2) is 15.1. The highest BCUT2D eigenvalue weighted by Gasteiger charge is 2.23. The van der Waals surface area contributed by atoms with Gasteiger partial charge in [0.2, 0.25) is 5.95 Å². The van der Waals surface area contributed by atoms with Crippen LogP contribution in [0.5, 0.6) is 0 Å². The highest BCUT2D eigenvalue weighted by molar-refractivity contribution is 6.30. The molecule has 0 saturated heterocycles. The number of nitrogens with two attached hydrogens (primary N) is 1. The van der Waals surface area contributed by atoms with Gasteiger partial charge >= 0.3 is 0 Å². The summed E-state index contributed by atoms with van der Waals surface area (Å²) in [6, 6.07) is 9.10. The van der Waals surface area contributed by atoms with Crippen molar-refractivity contribution in [3.8, 4) is 0 Å². The van der Waals surface area contributed by atoms with Gasteiger partial charge in [-0.3, -0.25) is 0 Å². The standard InChI is InChI=1S/C25H35ClN8.3ClH/c26-18-7-5-17(6-8-18)15-28-13-14-29-23-22-24(34(16-30-22)21-3-1-2-4-21)33-25(32-23)31-20-11-9-19(27)10-12-20;;;/h5-8,16,19-21,28H,1-4,9-15,27H2,(H2,29,31,32,33);3*1H/t19-,20-;;;. The predicted octanol–water partition coefficient (Wildman–Crippen LogP) is 5.74. The van der Waals surface area contributed by atoms with Crippen molar-refractivity contribution in [2.75, 3.05) is 23.7 Å². The summed E-state index contributed by atoms with van der Waals surface area (Å²) in [5, 5.41) is 11.3. The molecule has 206 valence electrons. The molecule has 0 atom stereocenters. The lowest BCUT2D eigenvalue weighted by molar-refractivity contribution is 0.410. The molecule has 2 heterocycles. The number of benzene rings is 1. The number of rotatable bonds is 9. The number of anilines is 2. The molecule has 2 aromatic heterocycles. The van der Waals surface area contributed by atoms with Gasteiger partial charge in [0.25, 0.3) is 0 Å². The van der Waals surface area contributed by atoms with Crippen molar-refractivity contribution in [2.24, 2.45) is 5.73 Å². The maximum absolute atomic E-state index is 6.10. The molecule has 0 radical (unpaired) electrons. The minimum Gasteiger partial charge on any atom is -0.367 e. The van der Waals surface area contributed by atoms with Gasteiger partial charge in [-0.05, 0) is 56.2 Å². The molecule has 5 N–H and O–H groups in total. The Morgan fingerprint density at radius 2 is 1.62 bits per heavy atom. The monoisotopic (exact) mass is 590 g/mol. The zero-order valence-corrected chi connectivity index (χ0v) is 24.1. The van der Waals surface area contributed by atoms with E-state index in [1.807, 2.05) is 30.6 Å². The largest absolute Gasteiger partial charge is 0.367 e. The van der Waals surface area contributed by atoms with Crippen LogP contribution in [0.15, 0.2) is 30.6 Å². The summed E-state index contributed by atoms with van der Waals surface area (Å²) in [6.45, 7) is 2.35. The number of hydrogen-bond acceptors (Lipinski definition) is 7. The zero-order valence-electron chi connectivity index (χ0n) is 20.9. The maximum atomic E-state index is 6.10. The van der Waals surface area contributed by atoms with Gasteiger partial charge in [0.15, 0.2) is 17.0 Å². The molecule has 0 unspecified atom stereocenters. The number of fused-ring (bicyclic) bond motifs is 1. The molecule has 1 aromatic carbocycles. The Morgan fingerprint density at radius 1 is 0.919 bits per heavy atom. The first-order valence-electron chi connectivity index (χ1n) is 12.6. The topological polar surface area (TPSA) is 106 Å². The zero-order chi connectivity index (χ0) is 23.3. The summed E-state index contributed by atoms with van der Waals surface area (Å²) < 4.78 is 2.26. The van der Waals surface area contributed by atoms with Gasteiger partial charge in [0.1, 0.15) is 0 Å². The van der Waals surface area contributed by atoms with Crippen LogP contribution in [0, 0.1) is 0 Å². The summed E-state index contributed by atoms with van der Waals surface area (Å²) in [7, 11) is 0. The molecular formula is C25H38Cl4N8. The first-order valence-corrected chi connectivity index (χ1v) is 13.0. The highest BCUT2D eigenvalue weighted by atomic mass is 35.5. The molecule has 37 heavy (non-hydrogen) atoms. The quantitative estimate of drug-likeness (QED) is 0.235. The minimum atomic E-state index is 0. The van der Waals surface area contributed by atoms with Crippen LogP contribution >= 0.6 is 48.8 Å². The van der Waals surface area contributed by atoms with Crippen molar-refractivity contribution >= 4 is 71.8 Å². The van der Waals surface area contributed by atoms with E-state index in [1.165, 1.54) is 31.2 Å². The Hall–Kier alpha value is -1.55. The Morgan fingerprint density at radius 3 is 2.32 bits per heavy atom. The first-order chi connectivity index (χ1) is 16.7. The Balaban J connectivity index is 0.00000160. The van der Waals surface area contributed by atoms with Crippen LogP contribution in [0.1, 0.15) is 63.0 Å². The molecule has 2 aliphatic rings. The molecule has 2 fully saturated rings. The molecular weight excluding hydrogens is 554 g/mol. The molecule has 2 aliphatic carbocycles. The number of nitrogens with zero attached hydrogens (tertiary/aromatic N) is 4. The van der Waals surface area contributed by atoms with Gasteiger partial charge in [-0.1, -0.05) is 36.6 Å². The van der Waals surface area contributed by atoms with Crippen molar-refractivity contribution in [2.45, 2.75) is 76.0 Å². The van der Waals surface area contributed by atoms with Gasteiger partial charge in [-0.2, -0.15) is 9.97 Å². The number of hydrogen-bond donors (Lipinski definition) is 4. The SMILES string of the molecule is Cl.Cl.Cl.N[C@H]1CC[C@H](Nc2nc(NCCNCc3ccc(Cl)cc3)c3ncn(C4CCCC4)c3n2)CC1. The third-order valence-corrected chi connectivity index (χ3v) is 7.33. The summed E-state index contributed by atoms with van der Waals surface area (Å²) in [6.07, 6.45) is 11.1. The smallest absolute Gasteiger partial charge is 0.227 e. The van der Waals surface area contributed by atoms with Crippen molar-refractivity contribution in [1.29, 1.82) is 0 Å². The van der Waals surface area contributed by atoms with E-state index in [1.54, 1.807) is 0 Å². The highest BCUT2D eigenvalue weighted by Crippen LogP contribution is 2.33. The average molecular weight is 592 g/mol. The molecule has 12 heteroatoms. The molecule has 0 aliphatic heterocycles. The van der Waals surface area contributed by atoms with E-state index in [0.717, 1.165) is 67.3 Å². The lowest BCUT2D eigenvalue weighted by atomic mass is 9.92. The van der Waals surface area contributed by atoms with E-state index in [4.69, 9.17) is 32.3 Å². The molecule has 3 aromatic rings. The lowest BCUT2D eigenvalue weighted by Crippen LogP contribution is -2.33. The van der Waals surface area contributed by atoms with Gasteiger partial charge in [0.05, 0.1) is 6.33 Å². The van der Waals surface area contributed by atoms with Gasteiger partial charge in [-0.25, -0.2) is 4.98 Å². The van der Waals surface area contributed by atoms with Crippen LogP contribution in [0.3, 0.4) is 0 Å². The van der Waals surface area contributed by atoms with Crippen molar-refractivity contribution < 1.29 is 0 Å². The van der Waals surface area contributed by atoms with Crippen LogP contribution < -0.4 is 21.7 Å². The van der Waals surface area contributed by atoms with E-state index < -0.39 is 0 Å². The molecule has 0 amide bonds. The molecule has 0 spiro atoms. The molecule has 0 bridgehead atoms. The predicted molar refractivity (Wildman–Crippen MR) is 160 cm³/mol. The fraction of sp³-hybridized carbons (Fsp3) is 0.560. The fourth-order valence-corrected chi connectivity index (χ4v) is 5.23. The third-order valence-electron chi connectivity index (χ3n) is 7.08. The molecule has 5 rings (SSSR count). The average Bonchev–Trinajstić information content (AvgIpc) is 3.51. The van der Waals surface area contributed by atoms with Crippen LogP contribution in [0.4, 0.5) is 11.8 Å². The number of imidazole rings is 1. The fourth-order valence-electron chi connectivity index (χ4n) is 5.10. The van der Waals surface area contributed by atoms with Crippen molar-refractivity contribution in [1.82, 2.24) is 24.8 Å². The second-order valence-corrected chi connectivity index (χ2v) is 10.1. The van der Waals surface area contributed by atoms with Crippen molar-refractivity contribution in [3.63, 3.8) is 0 Å². The van der Waals surface area contributed by atoms with E-state index in [9.17, 15) is 0 Å². The summed E-state index contributed by atoms with van der Waals surface area (Å²) in [5.74, 6) is 1.48. The summed E-state index contributed by atoms with van der Waals surface area (Å²) >= 11 is 5.97. The van der Waals surface area contributed by atoms with Crippen LogP contribution in [-0.4, -0.2) is 44.7 Å².